The first-order valence-electron chi connectivity index (χ1n) is 23.1. The van der Waals surface area contributed by atoms with Gasteiger partial charge in [-0.1, -0.05) is 108 Å². The van der Waals surface area contributed by atoms with Crippen LogP contribution in [-0.4, -0.2) is 77.5 Å². The van der Waals surface area contributed by atoms with Gasteiger partial charge < -0.3 is 36.5 Å². The fourth-order valence-corrected chi connectivity index (χ4v) is 10.2. The minimum atomic E-state index is -1.13. The molecule has 2 saturated carbocycles. The molecule has 3 fully saturated rings. The summed E-state index contributed by atoms with van der Waals surface area (Å²) in [5.41, 5.74) is 4.76. The van der Waals surface area contributed by atoms with Crippen LogP contribution in [0.25, 0.3) is 22.8 Å². The molecule has 1 amide bonds. The first-order valence-corrected chi connectivity index (χ1v) is 23.1. The zero-order chi connectivity index (χ0) is 47.7. The number of allylic oxidation sites excluding steroid dienone is 1. The van der Waals surface area contributed by atoms with Gasteiger partial charge in [0.2, 0.25) is 0 Å². The third-order valence-electron chi connectivity index (χ3n) is 12.7. The van der Waals surface area contributed by atoms with Crippen LogP contribution in [0.15, 0.2) is 81.9 Å². The Kier molecular flexibility index (Phi) is 19.0. The molecule has 3 aromatic rings. The summed E-state index contributed by atoms with van der Waals surface area (Å²) in [5, 5.41) is 16.6. The van der Waals surface area contributed by atoms with Gasteiger partial charge in [0.05, 0.1) is 18.4 Å². The van der Waals surface area contributed by atoms with E-state index in [-0.39, 0.29) is 79.8 Å². The maximum atomic E-state index is 14.8. The van der Waals surface area contributed by atoms with E-state index in [2.05, 4.69) is 48.5 Å². The zero-order valence-corrected chi connectivity index (χ0v) is 42.9. The van der Waals surface area contributed by atoms with E-state index in [1.807, 2.05) is 66.7 Å². The van der Waals surface area contributed by atoms with Gasteiger partial charge in [-0.15, -0.1) is 0 Å². The van der Waals surface area contributed by atoms with Gasteiger partial charge in [0.1, 0.15) is 30.8 Å². The number of anilines is 1. The van der Waals surface area contributed by atoms with Crippen molar-refractivity contribution in [1.29, 1.82) is 0 Å². The topological polar surface area (TPSA) is 188 Å². The van der Waals surface area contributed by atoms with E-state index in [0.717, 1.165) is 43.7 Å². The molecular weight excluding hydrogens is 906 g/mol. The number of hydrogen-bond acceptors (Lipinski definition) is 10. The van der Waals surface area contributed by atoms with Crippen molar-refractivity contribution in [2.75, 3.05) is 24.7 Å². The van der Waals surface area contributed by atoms with Crippen molar-refractivity contribution in [2.24, 2.45) is 45.5 Å². The molecule has 1 saturated heterocycles. The predicted molar refractivity (Wildman–Crippen MR) is 253 cm³/mol. The van der Waals surface area contributed by atoms with Crippen LogP contribution in [0.1, 0.15) is 104 Å². The number of ether oxygens (including phenoxy) is 2. The number of benzene rings is 2. The number of carbonyl (C=O) groups is 4. The number of rotatable bonds is 14. The van der Waals surface area contributed by atoms with Crippen molar-refractivity contribution >= 4 is 52.8 Å². The van der Waals surface area contributed by atoms with Gasteiger partial charge in [-0.05, 0) is 114 Å². The van der Waals surface area contributed by atoms with Crippen LogP contribution in [0.2, 0.25) is 0 Å². The number of hydrogen-bond donors (Lipinski definition) is 2. The van der Waals surface area contributed by atoms with Crippen LogP contribution in [0.4, 0.5) is 5.82 Å². The maximum absolute atomic E-state index is 14.8. The average Bonchev–Trinajstić information content (AvgIpc) is 3.94. The molecule has 2 aliphatic heterocycles. The third kappa shape index (κ3) is 13.5. The second-order valence-electron chi connectivity index (χ2n) is 18.6. The van der Waals surface area contributed by atoms with Crippen molar-refractivity contribution in [3.8, 4) is 11.1 Å². The van der Waals surface area contributed by atoms with Gasteiger partial charge in [-0.25, -0.2) is 24.4 Å². The first-order chi connectivity index (χ1) is 31.5. The van der Waals surface area contributed by atoms with E-state index in [4.69, 9.17) is 44.1 Å². The molecule has 2 aliphatic carbocycles. The molecule has 2 aromatic carbocycles. The normalized spacial score (nSPS) is 25.9. The number of amides is 1. The van der Waals surface area contributed by atoms with Crippen molar-refractivity contribution < 1.29 is 68.1 Å². The average molecular weight is 970 g/mol. The molecule has 2 N–H and O–H groups in total. The van der Waals surface area contributed by atoms with E-state index >= 15 is 0 Å². The molecule has 4 atom stereocenters. The predicted octanol–water partition coefficient (Wildman–Crippen LogP) is 9.24. The number of aromatic nitrogens is 1. The minimum Gasteiger partial charge on any atom is -0.481 e. The molecule has 0 spiro atoms. The first kappa shape index (κ1) is 52.8. The number of aliphatic carboxylic acids is 2. The molecule has 7 rings (SSSR count). The fourth-order valence-electron chi connectivity index (χ4n) is 10.2. The maximum Gasteiger partial charge on any atom is 2.00 e. The van der Waals surface area contributed by atoms with Gasteiger partial charge in [-0.2, -0.15) is 0 Å². The number of nitrogens with zero attached hydrogens (tertiary/aromatic N) is 4. The van der Waals surface area contributed by atoms with Crippen LogP contribution in [0, 0.1) is 42.4 Å². The number of esters is 1. The molecule has 15 heteroatoms. The summed E-state index contributed by atoms with van der Waals surface area (Å²) < 4.78 is 11.8. The SMILES string of the molecule is CC(=O)O.[CH2-]C(COCC(=O)O)=NC1=NC(=Cc2[n-]c(N3CCCC3=O)c(COOC3C(C)CC(C)CC3C)c2-c2ccccc2)C(c2ccccc2)=C1C(=O)OC1C(C)CC(C)CC1C.[Zn+2]. The Labute approximate surface area is 407 Å². The molecule has 4 aliphatic rings. The molecule has 67 heavy (non-hydrogen) atoms. The van der Waals surface area contributed by atoms with Crippen molar-refractivity contribution in [3.63, 3.8) is 0 Å². The van der Waals surface area contributed by atoms with Crippen LogP contribution in [0.5, 0.6) is 0 Å². The Hall–Kier alpha value is -5.21. The van der Waals surface area contributed by atoms with Gasteiger partial charge in [-0.3, -0.25) is 14.6 Å². The van der Waals surface area contributed by atoms with E-state index in [1.54, 1.807) is 4.90 Å². The van der Waals surface area contributed by atoms with Crippen LogP contribution in [0.3, 0.4) is 0 Å². The molecule has 14 nitrogen and oxygen atoms in total. The van der Waals surface area contributed by atoms with Crippen LogP contribution >= 0.6 is 0 Å². The van der Waals surface area contributed by atoms with E-state index in [9.17, 15) is 19.5 Å². The van der Waals surface area contributed by atoms with Crippen molar-refractivity contribution in [2.45, 2.75) is 106 Å². The molecule has 4 unspecified atom stereocenters. The molecule has 3 heterocycles. The minimum absolute atomic E-state index is 0. The standard InChI is InChI=1S/C50H61N4O8.C2H4O2.Zn/c1-29-21-31(3)46(32(4)22-29)61-50(58)45-44(37-17-12-9-13-18-37)40(52-48(45)51-35(7)26-59-28-42(56)57)25-39-43(36-15-10-8-11-16-36)38(49(53-39)54-20-14-19-41(54)55)27-60-62-47-33(5)23-30(2)24-34(47)6;1-2(3)4;/h8-13,15-18,25,29-34,46-47H,7,14,19-24,26-28H2,1-6H3,(H2,52,53,56,57,58);1H3,(H,3,4);/q-1;;+2/p-1. The van der Waals surface area contributed by atoms with Crippen molar-refractivity contribution in [3.05, 3.63) is 95.7 Å². The Morgan fingerprint density at radius 3 is 1.94 bits per heavy atom. The summed E-state index contributed by atoms with van der Waals surface area (Å²) in [4.78, 5) is 77.5. The van der Waals surface area contributed by atoms with E-state index < -0.39 is 24.5 Å². The fraction of sp³-hybridized carbons (Fsp3) is 0.481. The molecule has 1 aromatic heterocycles. The Morgan fingerprint density at radius 2 is 1.40 bits per heavy atom. The molecule has 0 bridgehead atoms. The number of carbonyl (C=O) groups excluding carboxylic acids is 2. The summed E-state index contributed by atoms with van der Waals surface area (Å²) in [6.45, 7) is 18.1. The van der Waals surface area contributed by atoms with Gasteiger partial charge in [0.15, 0.2) is 5.84 Å². The number of amidine groups is 1. The molecule has 354 valence electrons. The van der Waals surface area contributed by atoms with Crippen molar-refractivity contribution in [1.82, 2.24) is 4.98 Å². The Bertz CT molecular complexity index is 2310. The largest absolute Gasteiger partial charge is 2.00 e. The molecular formula is C52H64N4O10Zn. The van der Waals surface area contributed by atoms with E-state index in [1.165, 1.54) is 0 Å². The summed E-state index contributed by atoms with van der Waals surface area (Å²) in [6.07, 6.45) is 6.52. The summed E-state index contributed by atoms with van der Waals surface area (Å²) in [5.74, 6) is 0.0448. The Balaban J connectivity index is 0.00000161. The second kappa shape index (κ2) is 24.2. The van der Waals surface area contributed by atoms with Crippen LogP contribution in [-0.2, 0) is 64.5 Å². The quantitative estimate of drug-likeness (QED) is 0.0392. The van der Waals surface area contributed by atoms with Gasteiger partial charge in [0, 0.05) is 18.9 Å². The summed E-state index contributed by atoms with van der Waals surface area (Å²) >= 11 is 0. The monoisotopic (exact) mass is 968 g/mol. The van der Waals surface area contributed by atoms with E-state index in [0.29, 0.717) is 77.0 Å². The Morgan fingerprint density at radius 1 is 0.851 bits per heavy atom. The second-order valence-corrected chi connectivity index (χ2v) is 18.6. The third-order valence-corrected chi connectivity index (χ3v) is 12.7. The number of carboxylic acid groups (broad SMARTS) is 2. The smallest absolute Gasteiger partial charge is 0.481 e. The summed E-state index contributed by atoms with van der Waals surface area (Å²) in [6, 6.07) is 19.3. The number of carboxylic acids is 2. The summed E-state index contributed by atoms with van der Waals surface area (Å²) in [7, 11) is 0. The van der Waals surface area contributed by atoms with Gasteiger partial charge in [0.25, 0.3) is 5.97 Å². The molecule has 0 radical (unpaired) electrons. The van der Waals surface area contributed by atoms with Crippen LogP contribution < -0.4 is 9.88 Å². The van der Waals surface area contributed by atoms with Gasteiger partial charge >= 0.3 is 31.4 Å². The number of aliphatic imine (C=N–C) groups is 2. The zero-order valence-electron chi connectivity index (χ0n) is 39.9.